The van der Waals surface area contributed by atoms with Crippen LogP contribution in [0.4, 0.5) is 5.82 Å². The van der Waals surface area contributed by atoms with Gasteiger partial charge in [0.1, 0.15) is 5.65 Å². The molecule has 4 bridgehead atoms. The Labute approximate surface area is 129 Å². The highest BCUT2D eigenvalue weighted by Crippen LogP contribution is 2.61. The molecule has 4 aliphatic carbocycles. The smallest absolute Gasteiger partial charge is 0.205 e. The van der Waals surface area contributed by atoms with Gasteiger partial charge in [0, 0.05) is 11.6 Å². The van der Waals surface area contributed by atoms with Crippen LogP contribution in [0.15, 0.2) is 23.5 Å². The fourth-order valence-corrected chi connectivity index (χ4v) is 5.98. The van der Waals surface area contributed by atoms with Gasteiger partial charge in [-0.2, -0.15) is 0 Å². The largest absolute Gasteiger partial charge is 0.281 e. The van der Waals surface area contributed by atoms with Crippen LogP contribution in [0.2, 0.25) is 0 Å². The lowest BCUT2D eigenvalue weighted by Gasteiger charge is -2.56. The molecule has 0 unspecified atom stereocenters. The summed E-state index contributed by atoms with van der Waals surface area (Å²) in [5, 5.41) is 3.40. The maximum atomic E-state index is 11.6. The van der Waals surface area contributed by atoms with Crippen molar-refractivity contribution in [1.82, 2.24) is 9.38 Å². The van der Waals surface area contributed by atoms with E-state index in [-0.39, 0.29) is 5.41 Å². The topological polar surface area (TPSA) is 46.7 Å². The van der Waals surface area contributed by atoms with Crippen molar-refractivity contribution in [2.45, 2.75) is 50.9 Å². The van der Waals surface area contributed by atoms with Crippen molar-refractivity contribution in [3.63, 3.8) is 0 Å². The monoisotopic (exact) mass is 295 g/mol. The van der Waals surface area contributed by atoms with Crippen LogP contribution in [0.25, 0.3) is 5.65 Å². The Hall–Kier alpha value is -1.71. The molecule has 0 atom stereocenters. The summed E-state index contributed by atoms with van der Waals surface area (Å²) in [7, 11) is 0. The molecule has 4 aliphatic rings. The number of imidazole rings is 1. The van der Waals surface area contributed by atoms with E-state index >= 15 is 0 Å². The van der Waals surface area contributed by atoms with Crippen LogP contribution in [0, 0.1) is 29.6 Å². The second-order valence-electron chi connectivity index (χ2n) is 8.01. The third-order valence-corrected chi connectivity index (χ3v) is 6.38. The molecule has 0 radical (unpaired) electrons. The van der Waals surface area contributed by atoms with E-state index < -0.39 is 0 Å². The molecule has 2 aromatic heterocycles. The number of aryl methyl sites for hydroxylation is 1. The Kier molecular flexibility index (Phi) is 2.43. The standard InChI is InChI=1S/C18H21N3O/c1-11-2-3-21-15(4-11)19-16(17(21)20-22)18-8-12-5-13(9-18)7-14(6-12)10-18/h2-4,12-14H,5-10H2,1H3. The van der Waals surface area contributed by atoms with E-state index in [1.807, 2.05) is 16.7 Å². The van der Waals surface area contributed by atoms with Crippen molar-refractivity contribution < 1.29 is 0 Å². The summed E-state index contributed by atoms with van der Waals surface area (Å²) in [6.07, 6.45) is 9.78. The fraction of sp³-hybridized carbons (Fsp3) is 0.611. The Balaban J connectivity index is 1.71. The molecule has 4 nitrogen and oxygen atoms in total. The van der Waals surface area contributed by atoms with Crippen LogP contribution in [0.3, 0.4) is 0 Å². The zero-order valence-electron chi connectivity index (χ0n) is 13.0. The third-order valence-electron chi connectivity index (χ3n) is 6.38. The molecule has 2 heterocycles. The predicted octanol–water partition coefficient (Wildman–Crippen LogP) is 4.51. The third kappa shape index (κ3) is 1.61. The number of aromatic nitrogens is 2. The first-order chi connectivity index (χ1) is 10.7. The van der Waals surface area contributed by atoms with Crippen LogP contribution in [0.5, 0.6) is 0 Å². The molecule has 114 valence electrons. The van der Waals surface area contributed by atoms with Gasteiger partial charge in [0.15, 0.2) is 0 Å². The minimum atomic E-state index is 0.123. The molecule has 4 fully saturated rings. The molecule has 22 heavy (non-hydrogen) atoms. The Morgan fingerprint density at radius 2 is 1.82 bits per heavy atom. The Bertz CT molecular complexity index is 741. The second kappa shape index (κ2) is 4.18. The van der Waals surface area contributed by atoms with Crippen molar-refractivity contribution in [2.24, 2.45) is 22.9 Å². The molecule has 0 amide bonds. The first kappa shape index (κ1) is 12.8. The van der Waals surface area contributed by atoms with Crippen molar-refractivity contribution in [3.8, 4) is 0 Å². The molecule has 0 N–H and O–H groups in total. The Morgan fingerprint density at radius 3 is 2.41 bits per heavy atom. The highest BCUT2D eigenvalue weighted by Gasteiger charge is 2.53. The number of nitrogens with zero attached hydrogens (tertiary/aromatic N) is 3. The normalized spacial score (nSPS) is 36.1. The quantitative estimate of drug-likeness (QED) is 0.765. The van der Waals surface area contributed by atoms with E-state index in [9.17, 15) is 4.91 Å². The molecule has 4 saturated carbocycles. The first-order valence-corrected chi connectivity index (χ1v) is 8.49. The van der Waals surface area contributed by atoms with Crippen LogP contribution < -0.4 is 0 Å². The zero-order valence-corrected chi connectivity index (χ0v) is 13.0. The summed E-state index contributed by atoms with van der Waals surface area (Å²) in [5.41, 5.74) is 3.16. The van der Waals surface area contributed by atoms with Crippen molar-refractivity contribution >= 4 is 11.5 Å². The van der Waals surface area contributed by atoms with Gasteiger partial charge in [-0.15, -0.1) is 4.91 Å². The molecule has 0 spiro atoms. The van der Waals surface area contributed by atoms with Crippen LogP contribution >= 0.6 is 0 Å². The number of rotatable bonds is 2. The van der Waals surface area contributed by atoms with Crippen molar-refractivity contribution in [2.75, 3.05) is 0 Å². The van der Waals surface area contributed by atoms with E-state index in [4.69, 9.17) is 4.98 Å². The van der Waals surface area contributed by atoms with Gasteiger partial charge in [-0.25, -0.2) is 4.98 Å². The summed E-state index contributed by atoms with van der Waals surface area (Å²) < 4.78 is 1.88. The molecule has 0 aromatic carbocycles. The number of hydrogen-bond donors (Lipinski definition) is 0. The molecule has 4 heteroatoms. The van der Waals surface area contributed by atoms with Gasteiger partial charge in [-0.1, -0.05) is 0 Å². The van der Waals surface area contributed by atoms with E-state index in [0.29, 0.717) is 5.82 Å². The van der Waals surface area contributed by atoms with Gasteiger partial charge in [-0.05, 0) is 86.1 Å². The highest BCUT2D eigenvalue weighted by atomic mass is 16.3. The van der Waals surface area contributed by atoms with E-state index in [2.05, 4.69) is 18.2 Å². The number of pyridine rings is 1. The maximum absolute atomic E-state index is 11.6. The highest BCUT2D eigenvalue weighted by molar-refractivity contribution is 5.56. The first-order valence-electron chi connectivity index (χ1n) is 8.49. The molecule has 0 aliphatic heterocycles. The summed E-state index contributed by atoms with van der Waals surface area (Å²) in [6.45, 7) is 2.06. The van der Waals surface area contributed by atoms with Gasteiger partial charge < -0.3 is 0 Å². The van der Waals surface area contributed by atoms with Gasteiger partial charge in [0.05, 0.1) is 5.69 Å². The minimum absolute atomic E-state index is 0.123. The SMILES string of the molecule is Cc1ccn2c(N=O)c(C34CC5CC(CC(C5)C3)C4)nc2c1. The fourth-order valence-electron chi connectivity index (χ4n) is 5.98. The maximum Gasteiger partial charge on any atom is 0.205 e. The average Bonchev–Trinajstić information content (AvgIpc) is 2.84. The summed E-state index contributed by atoms with van der Waals surface area (Å²) >= 11 is 0. The lowest BCUT2D eigenvalue weighted by Crippen LogP contribution is -2.48. The average molecular weight is 295 g/mol. The molecular weight excluding hydrogens is 274 g/mol. The molecule has 2 aromatic rings. The number of nitroso groups, excluding NO2 is 1. The lowest BCUT2D eigenvalue weighted by atomic mass is 9.49. The van der Waals surface area contributed by atoms with E-state index in [1.165, 1.54) is 44.1 Å². The minimum Gasteiger partial charge on any atom is -0.281 e. The van der Waals surface area contributed by atoms with Crippen molar-refractivity contribution in [1.29, 1.82) is 0 Å². The van der Waals surface area contributed by atoms with E-state index in [1.54, 1.807) is 0 Å². The summed E-state index contributed by atoms with van der Waals surface area (Å²) in [6, 6.07) is 4.07. The predicted molar refractivity (Wildman–Crippen MR) is 85.2 cm³/mol. The van der Waals surface area contributed by atoms with Crippen LogP contribution in [-0.2, 0) is 5.41 Å². The number of fused-ring (bicyclic) bond motifs is 1. The summed E-state index contributed by atoms with van der Waals surface area (Å²) in [5.74, 6) is 3.09. The lowest BCUT2D eigenvalue weighted by molar-refractivity contribution is -0.00666. The zero-order chi connectivity index (χ0) is 14.9. The Morgan fingerprint density at radius 1 is 1.18 bits per heavy atom. The van der Waals surface area contributed by atoms with Gasteiger partial charge in [0.2, 0.25) is 5.82 Å². The van der Waals surface area contributed by atoms with Crippen LogP contribution in [0.1, 0.15) is 49.8 Å². The molecule has 0 saturated heterocycles. The van der Waals surface area contributed by atoms with Crippen molar-refractivity contribution in [3.05, 3.63) is 34.5 Å². The second-order valence-corrected chi connectivity index (χ2v) is 8.01. The number of hydrogen-bond acceptors (Lipinski definition) is 3. The van der Waals surface area contributed by atoms with E-state index in [0.717, 1.165) is 29.1 Å². The van der Waals surface area contributed by atoms with Gasteiger partial charge >= 0.3 is 0 Å². The van der Waals surface area contributed by atoms with Crippen LogP contribution in [-0.4, -0.2) is 9.38 Å². The molecular formula is C18H21N3O. The van der Waals surface area contributed by atoms with Gasteiger partial charge in [0.25, 0.3) is 0 Å². The summed E-state index contributed by atoms with van der Waals surface area (Å²) in [4.78, 5) is 16.5. The van der Waals surface area contributed by atoms with Gasteiger partial charge in [-0.3, -0.25) is 4.40 Å². The molecule has 6 rings (SSSR count).